The molecule has 5 rings (SSSR count). The summed E-state index contributed by atoms with van der Waals surface area (Å²) in [4.78, 5) is 1.90. The molecule has 0 fully saturated rings. The van der Waals surface area contributed by atoms with E-state index in [1.54, 1.807) is 0 Å². The molecule has 4 aromatic carbocycles. The lowest BCUT2D eigenvalue weighted by Crippen LogP contribution is -2.30. The first-order valence-electron chi connectivity index (χ1n) is 10.4. The molecule has 1 aliphatic carbocycles. The molecular weight excluding hydrogens is 384 g/mol. The maximum absolute atomic E-state index is 10.3. The zero-order valence-electron chi connectivity index (χ0n) is 17.0. The fourth-order valence-corrected chi connectivity index (χ4v) is 4.78. The fourth-order valence-electron chi connectivity index (χ4n) is 4.78. The number of fused-ring (bicyclic) bond motifs is 3. The van der Waals surface area contributed by atoms with Crippen molar-refractivity contribution < 1.29 is 10.2 Å². The maximum Gasteiger partial charge on any atom is 0.102 e. The summed E-state index contributed by atoms with van der Waals surface area (Å²) in [6.45, 7) is 0.579. The van der Waals surface area contributed by atoms with Crippen LogP contribution in [0.15, 0.2) is 72.8 Å². The molecule has 0 unspecified atom stereocenters. The third-order valence-electron chi connectivity index (χ3n) is 6.03. The van der Waals surface area contributed by atoms with Crippen LogP contribution in [0.5, 0.6) is 0 Å². The van der Waals surface area contributed by atoms with E-state index in [0.717, 1.165) is 44.5 Å². The summed E-state index contributed by atoms with van der Waals surface area (Å²) < 4.78 is 0. The first-order valence-corrected chi connectivity index (χ1v) is 10.4. The highest BCUT2D eigenvalue weighted by Crippen LogP contribution is 2.54. The highest BCUT2D eigenvalue weighted by Gasteiger charge is 2.30. The van der Waals surface area contributed by atoms with Crippen molar-refractivity contribution in [3.05, 3.63) is 78.4 Å². The number of aliphatic hydroxyl groups is 2. The molecule has 0 amide bonds. The highest BCUT2D eigenvalue weighted by molar-refractivity contribution is 6.20. The Morgan fingerprint density at radius 3 is 2.00 bits per heavy atom. The van der Waals surface area contributed by atoms with Crippen LogP contribution in [0.25, 0.3) is 44.2 Å². The highest BCUT2D eigenvalue weighted by atomic mass is 16.3. The van der Waals surface area contributed by atoms with Crippen LogP contribution in [0, 0.1) is 11.3 Å². The predicted octanol–water partition coefficient (Wildman–Crippen LogP) is 4.82. The topological polar surface area (TPSA) is 67.5 Å². The number of hydrogen-bond acceptors (Lipinski definition) is 4. The van der Waals surface area contributed by atoms with Gasteiger partial charge in [0.15, 0.2) is 0 Å². The van der Waals surface area contributed by atoms with Crippen LogP contribution in [0.2, 0.25) is 0 Å². The van der Waals surface area contributed by atoms with E-state index in [1.807, 2.05) is 35.2 Å². The Bertz CT molecular complexity index is 1310. The van der Waals surface area contributed by atoms with Crippen molar-refractivity contribution in [1.29, 1.82) is 5.26 Å². The van der Waals surface area contributed by atoms with Crippen LogP contribution in [0.4, 0.5) is 5.69 Å². The second-order valence-corrected chi connectivity index (χ2v) is 7.69. The lowest BCUT2D eigenvalue weighted by molar-refractivity contribution is 0.281. The first-order chi connectivity index (χ1) is 15.3. The lowest BCUT2D eigenvalue weighted by Gasteiger charge is -2.27. The Labute approximate surface area is 181 Å². The maximum atomic E-state index is 10.3. The van der Waals surface area contributed by atoms with Crippen LogP contribution < -0.4 is 4.90 Å². The summed E-state index contributed by atoms with van der Waals surface area (Å²) >= 11 is 0. The van der Waals surface area contributed by atoms with E-state index in [2.05, 4.69) is 48.5 Å². The third kappa shape index (κ3) is 2.98. The van der Waals surface area contributed by atoms with E-state index in [0.29, 0.717) is 18.7 Å². The molecule has 0 heterocycles. The Morgan fingerprint density at radius 1 is 0.742 bits per heavy atom. The summed E-state index contributed by atoms with van der Waals surface area (Å²) in [6, 6.07) is 27.2. The minimum absolute atomic E-state index is 0.0571. The quantitative estimate of drug-likeness (QED) is 0.424. The van der Waals surface area contributed by atoms with E-state index in [-0.39, 0.29) is 13.2 Å². The molecule has 0 spiro atoms. The number of nitriles is 1. The molecule has 4 nitrogen and oxygen atoms in total. The average Bonchev–Trinajstić information content (AvgIpc) is 3.15. The zero-order chi connectivity index (χ0) is 21.4. The van der Waals surface area contributed by atoms with Gasteiger partial charge in [0.25, 0.3) is 0 Å². The van der Waals surface area contributed by atoms with Crippen LogP contribution in [-0.2, 0) is 0 Å². The van der Waals surface area contributed by atoms with Gasteiger partial charge in [0.2, 0.25) is 0 Å². The van der Waals surface area contributed by atoms with Gasteiger partial charge in [-0.3, -0.25) is 0 Å². The molecule has 1 aliphatic rings. The monoisotopic (exact) mass is 406 g/mol. The minimum atomic E-state index is -0.0571. The number of rotatable bonds is 6. The molecule has 4 aromatic rings. The Balaban J connectivity index is 1.91. The average molecular weight is 406 g/mol. The van der Waals surface area contributed by atoms with Crippen molar-refractivity contribution >= 4 is 16.5 Å². The Morgan fingerprint density at radius 2 is 1.39 bits per heavy atom. The molecule has 0 saturated heterocycles. The predicted molar refractivity (Wildman–Crippen MR) is 125 cm³/mol. The Hall–Kier alpha value is -3.65. The Kier molecular flexibility index (Phi) is 4.91. The number of benzene rings is 4. The minimum Gasteiger partial charge on any atom is -0.395 e. The molecular formula is C27H22N2O2. The number of aliphatic hydroxyl groups excluding tert-OH is 2. The molecule has 152 valence electrons. The third-order valence-corrected chi connectivity index (χ3v) is 6.03. The summed E-state index contributed by atoms with van der Waals surface area (Å²) in [7, 11) is 0. The molecule has 0 saturated carbocycles. The van der Waals surface area contributed by atoms with Gasteiger partial charge < -0.3 is 15.1 Å². The SMILES string of the molecule is N#Cc1c(N(CCO)CCO)cc(-c2ccccc2)c2c1-c1cccc3cccc-2c13. The van der Waals surface area contributed by atoms with Crippen molar-refractivity contribution in [1.82, 2.24) is 0 Å². The van der Waals surface area contributed by atoms with E-state index >= 15 is 0 Å². The summed E-state index contributed by atoms with van der Waals surface area (Å²) in [5.74, 6) is 0. The van der Waals surface area contributed by atoms with Gasteiger partial charge in [-0.25, -0.2) is 0 Å². The summed E-state index contributed by atoms with van der Waals surface area (Å²) in [5, 5.41) is 31.8. The van der Waals surface area contributed by atoms with Gasteiger partial charge in [0, 0.05) is 18.7 Å². The normalized spacial score (nSPS) is 11.4. The van der Waals surface area contributed by atoms with Crippen LogP contribution in [0.1, 0.15) is 5.56 Å². The first kappa shape index (κ1) is 19.3. The van der Waals surface area contributed by atoms with Gasteiger partial charge in [-0.15, -0.1) is 0 Å². The second-order valence-electron chi connectivity index (χ2n) is 7.69. The molecule has 0 atom stereocenters. The van der Waals surface area contributed by atoms with Crippen molar-refractivity contribution in [3.63, 3.8) is 0 Å². The van der Waals surface area contributed by atoms with Gasteiger partial charge in [-0.05, 0) is 44.7 Å². The number of anilines is 1. The van der Waals surface area contributed by atoms with Crippen LogP contribution in [-0.4, -0.2) is 36.5 Å². The van der Waals surface area contributed by atoms with Crippen LogP contribution >= 0.6 is 0 Å². The summed E-state index contributed by atoms with van der Waals surface area (Å²) in [6.07, 6.45) is 0. The van der Waals surface area contributed by atoms with Gasteiger partial charge >= 0.3 is 0 Å². The number of hydrogen-bond donors (Lipinski definition) is 2. The lowest BCUT2D eigenvalue weighted by atomic mass is 9.89. The standard InChI is InChI=1S/C27H22N2O2/c28-17-23-24(29(12-14-30)13-15-31)16-22(18-6-2-1-3-7-18)26-20-10-4-8-19-9-5-11-21(25(19)20)27(23)26/h1-11,16,30-31H,12-15H2. The fraction of sp³-hybridized carbons (Fsp3) is 0.148. The van der Waals surface area contributed by atoms with Gasteiger partial charge in [-0.2, -0.15) is 5.26 Å². The summed E-state index contributed by atoms with van der Waals surface area (Å²) in [5.41, 5.74) is 7.66. The molecule has 4 heteroatoms. The molecule has 0 bridgehead atoms. The van der Waals surface area contributed by atoms with Crippen molar-refractivity contribution in [2.75, 3.05) is 31.2 Å². The smallest absolute Gasteiger partial charge is 0.102 e. The van der Waals surface area contributed by atoms with Crippen molar-refractivity contribution in [2.24, 2.45) is 0 Å². The zero-order valence-corrected chi connectivity index (χ0v) is 17.0. The number of nitrogens with zero attached hydrogens (tertiary/aromatic N) is 2. The van der Waals surface area contributed by atoms with Gasteiger partial charge in [-0.1, -0.05) is 66.7 Å². The molecule has 31 heavy (non-hydrogen) atoms. The molecule has 0 aliphatic heterocycles. The van der Waals surface area contributed by atoms with Gasteiger partial charge in [0.1, 0.15) is 6.07 Å². The molecule has 0 aromatic heterocycles. The molecule has 0 radical (unpaired) electrons. The van der Waals surface area contributed by atoms with E-state index in [9.17, 15) is 15.5 Å². The van der Waals surface area contributed by atoms with E-state index in [4.69, 9.17) is 0 Å². The van der Waals surface area contributed by atoms with Gasteiger partial charge in [0.05, 0.1) is 24.5 Å². The second kappa shape index (κ2) is 7.88. The molecule has 2 N–H and O–H groups in total. The van der Waals surface area contributed by atoms with Crippen LogP contribution in [0.3, 0.4) is 0 Å². The largest absolute Gasteiger partial charge is 0.395 e. The van der Waals surface area contributed by atoms with Crippen molar-refractivity contribution in [2.45, 2.75) is 0 Å². The van der Waals surface area contributed by atoms with E-state index < -0.39 is 0 Å². The van der Waals surface area contributed by atoms with E-state index in [1.165, 1.54) is 5.39 Å². The van der Waals surface area contributed by atoms with Crippen molar-refractivity contribution in [3.8, 4) is 39.4 Å².